The van der Waals surface area contributed by atoms with Crippen LogP contribution in [0.4, 0.5) is 0 Å². The molecule has 0 aliphatic carbocycles. The number of rotatable bonds is 6. The van der Waals surface area contributed by atoms with Crippen LogP contribution in [0.5, 0.6) is 0 Å². The van der Waals surface area contributed by atoms with Crippen molar-refractivity contribution in [3.05, 3.63) is 33.2 Å². The summed E-state index contributed by atoms with van der Waals surface area (Å²) in [4.78, 5) is 39.6. The Balaban J connectivity index is 1.81. The van der Waals surface area contributed by atoms with Gasteiger partial charge in [0.1, 0.15) is 6.54 Å². The summed E-state index contributed by atoms with van der Waals surface area (Å²) in [5.74, 6) is -0.0531. The van der Waals surface area contributed by atoms with E-state index in [0.29, 0.717) is 39.3 Å². The Bertz CT molecular complexity index is 638. The van der Waals surface area contributed by atoms with Gasteiger partial charge in [-0.15, -0.1) is 0 Å². The molecule has 0 aromatic carbocycles. The van der Waals surface area contributed by atoms with Crippen molar-refractivity contribution in [2.24, 2.45) is 0 Å². The Morgan fingerprint density at radius 3 is 2.54 bits per heavy atom. The standard InChI is InChI=1S/C16H23BrN4O3/c1-2-5-18-14(22)11-19-6-8-20(9-7-19)16(24)12-21-10-13(17)3-4-15(21)23/h3-4,10H,2,5-9,11-12H2,1H3,(H,18,22). The first-order valence-electron chi connectivity index (χ1n) is 8.12. The zero-order chi connectivity index (χ0) is 17.5. The third-order valence-corrected chi connectivity index (χ3v) is 4.39. The highest BCUT2D eigenvalue weighted by molar-refractivity contribution is 9.10. The van der Waals surface area contributed by atoms with E-state index in [1.807, 2.05) is 11.8 Å². The van der Waals surface area contributed by atoms with Gasteiger partial charge in [0.2, 0.25) is 11.8 Å². The molecule has 1 aliphatic heterocycles. The van der Waals surface area contributed by atoms with E-state index in [-0.39, 0.29) is 23.9 Å². The van der Waals surface area contributed by atoms with Crippen molar-refractivity contribution in [1.82, 2.24) is 19.7 Å². The van der Waals surface area contributed by atoms with Gasteiger partial charge in [0.25, 0.3) is 5.56 Å². The van der Waals surface area contributed by atoms with Crippen LogP contribution in [0.25, 0.3) is 0 Å². The van der Waals surface area contributed by atoms with Crippen molar-refractivity contribution >= 4 is 27.7 Å². The Hall–Kier alpha value is -1.67. The second-order valence-electron chi connectivity index (χ2n) is 5.82. The molecule has 8 heteroatoms. The molecule has 1 aromatic rings. The average molecular weight is 399 g/mol. The molecular weight excluding hydrogens is 376 g/mol. The Morgan fingerprint density at radius 1 is 1.17 bits per heavy atom. The number of hydrogen-bond acceptors (Lipinski definition) is 4. The molecule has 1 saturated heterocycles. The first kappa shape index (κ1) is 18.7. The van der Waals surface area contributed by atoms with Gasteiger partial charge >= 0.3 is 0 Å². The minimum Gasteiger partial charge on any atom is -0.355 e. The van der Waals surface area contributed by atoms with Crippen LogP contribution in [-0.4, -0.2) is 65.4 Å². The molecular formula is C16H23BrN4O3. The molecule has 2 rings (SSSR count). The summed E-state index contributed by atoms with van der Waals surface area (Å²) in [6.45, 7) is 5.59. The first-order chi connectivity index (χ1) is 11.5. The smallest absolute Gasteiger partial charge is 0.251 e. The first-order valence-corrected chi connectivity index (χ1v) is 8.91. The van der Waals surface area contributed by atoms with Crippen LogP contribution < -0.4 is 10.9 Å². The van der Waals surface area contributed by atoms with Crippen LogP contribution in [0, 0.1) is 0 Å². The maximum Gasteiger partial charge on any atom is 0.251 e. The summed E-state index contributed by atoms with van der Waals surface area (Å²) in [6.07, 6.45) is 2.54. The molecule has 7 nitrogen and oxygen atoms in total. The zero-order valence-corrected chi connectivity index (χ0v) is 15.4. The SMILES string of the molecule is CCCNC(=O)CN1CCN(C(=O)Cn2cc(Br)ccc2=O)CC1. The fourth-order valence-corrected chi connectivity index (χ4v) is 2.93. The van der Waals surface area contributed by atoms with Crippen LogP contribution in [0.15, 0.2) is 27.6 Å². The molecule has 0 saturated carbocycles. The zero-order valence-electron chi connectivity index (χ0n) is 13.8. The highest BCUT2D eigenvalue weighted by Gasteiger charge is 2.22. The molecule has 0 radical (unpaired) electrons. The van der Waals surface area contributed by atoms with Crippen LogP contribution in [-0.2, 0) is 16.1 Å². The van der Waals surface area contributed by atoms with Gasteiger partial charge in [-0.1, -0.05) is 6.92 Å². The number of carbonyl (C=O) groups excluding carboxylic acids is 2. The third kappa shape index (κ3) is 5.45. The molecule has 1 aliphatic rings. The number of piperazine rings is 1. The van der Waals surface area contributed by atoms with E-state index in [1.54, 1.807) is 17.2 Å². The van der Waals surface area contributed by atoms with Crippen molar-refractivity contribution in [2.75, 3.05) is 39.3 Å². The monoisotopic (exact) mass is 398 g/mol. The summed E-state index contributed by atoms with van der Waals surface area (Å²) in [7, 11) is 0. The lowest BCUT2D eigenvalue weighted by Crippen LogP contribution is -2.52. The van der Waals surface area contributed by atoms with E-state index in [9.17, 15) is 14.4 Å². The molecule has 1 aromatic heterocycles. The fraction of sp³-hybridized carbons (Fsp3) is 0.562. The number of pyridine rings is 1. The van der Waals surface area contributed by atoms with Crippen LogP contribution in [0.2, 0.25) is 0 Å². The number of nitrogens with one attached hydrogen (secondary N) is 1. The molecule has 24 heavy (non-hydrogen) atoms. The molecule has 2 amide bonds. The summed E-state index contributed by atoms with van der Waals surface area (Å²) < 4.78 is 2.16. The predicted molar refractivity (Wildman–Crippen MR) is 94.7 cm³/mol. The Kier molecular flexibility index (Phi) is 6.99. The Labute approximate surface area is 149 Å². The van der Waals surface area contributed by atoms with E-state index < -0.39 is 0 Å². The van der Waals surface area contributed by atoms with Crippen LogP contribution in [0.1, 0.15) is 13.3 Å². The van der Waals surface area contributed by atoms with Gasteiger partial charge in [-0.25, -0.2) is 0 Å². The molecule has 132 valence electrons. The lowest BCUT2D eigenvalue weighted by Gasteiger charge is -2.34. The van der Waals surface area contributed by atoms with Gasteiger partial charge in [-0.3, -0.25) is 19.3 Å². The summed E-state index contributed by atoms with van der Waals surface area (Å²) in [5.41, 5.74) is -0.196. The lowest BCUT2D eigenvalue weighted by atomic mass is 10.3. The number of amides is 2. The maximum atomic E-state index is 12.4. The Morgan fingerprint density at radius 2 is 1.88 bits per heavy atom. The van der Waals surface area contributed by atoms with Crippen molar-refractivity contribution in [2.45, 2.75) is 19.9 Å². The highest BCUT2D eigenvalue weighted by Crippen LogP contribution is 2.06. The fourth-order valence-electron chi connectivity index (χ4n) is 2.55. The van der Waals surface area contributed by atoms with E-state index in [1.165, 1.54) is 10.6 Å². The van der Waals surface area contributed by atoms with Crippen LogP contribution >= 0.6 is 15.9 Å². The van der Waals surface area contributed by atoms with Crippen molar-refractivity contribution in [1.29, 1.82) is 0 Å². The topological polar surface area (TPSA) is 74.7 Å². The van der Waals surface area contributed by atoms with E-state index in [2.05, 4.69) is 21.2 Å². The average Bonchev–Trinajstić information content (AvgIpc) is 2.57. The van der Waals surface area contributed by atoms with Crippen molar-refractivity contribution in [3.8, 4) is 0 Å². The maximum absolute atomic E-state index is 12.4. The summed E-state index contributed by atoms with van der Waals surface area (Å²) in [5, 5.41) is 2.85. The quantitative estimate of drug-likeness (QED) is 0.746. The van der Waals surface area contributed by atoms with Gasteiger partial charge in [0, 0.05) is 49.5 Å². The number of aromatic nitrogens is 1. The summed E-state index contributed by atoms with van der Waals surface area (Å²) >= 11 is 3.30. The molecule has 0 spiro atoms. The number of carbonyl (C=O) groups is 2. The third-order valence-electron chi connectivity index (χ3n) is 3.92. The largest absolute Gasteiger partial charge is 0.355 e. The number of halogens is 1. The molecule has 0 atom stereocenters. The van der Waals surface area contributed by atoms with E-state index in [4.69, 9.17) is 0 Å². The number of nitrogens with zero attached hydrogens (tertiary/aromatic N) is 3. The normalized spacial score (nSPS) is 15.3. The predicted octanol–water partition coefficient (Wildman–Crippen LogP) is 0.281. The minimum atomic E-state index is -0.196. The van der Waals surface area contributed by atoms with Gasteiger partial charge in [-0.2, -0.15) is 0 Å². The molecule has 1 fully saturated rings. The van der Waals surface area contributed by atoms with Crippen molar-refractivity contribution < 1.29 is 9.59 Å². The number of hydrogen-bond donors (Lipinski definition) is 1. The van der Waals surface area contributed by atoms with Crippen molar-refractivity contribution in [3.63, 3.8) is 0 Å². The van der Waals surface area contributed by atoms with Gasteiger partial charge in [0.15, 0.2) is 0 Å². The van der Waals surface area contributed by atoms with Gasteiger partial charge in [0.05, 0.1) is 6.54 Å². The minimum absolute atomic E-state index is 0.0253. The van der Waals surface area contributed by atoms with E-state index in [0.717, 1.165) is 10.9 Å². The van der Waals surface area contributed by atoms with Gasteiger partial charge < -0.3 is 14.8 Å². The molecule has 2 heterocycles. The second kappa shape index (κ2) is 8.98. The molecule has 0 unspecified atom stereocenters. The van der Waals surface area contributed by atoms with Gasteiger partial charge in [-0.05, 0) is 28.4 Å². The molecule has 1 N–H and O–H groups in total. The van der Waals surface area contributed by atoms with Crippen LogP contribution in [0.3, 0.4) is 0 Å². The summed E-state index contributed by atoms with van der Waals surface area (Å²) in [6, 6.07) is 3.09. The highest BCUT2D eigenvalue weighted by atomic mass is 79.9. The molecule has 0 bridgehead atoms. The lowest BCUT2D eigenvalue weighted by molar-refractivity contribution is -0.133. The second-order valence-corrected chi connectivity index (χ2v) is 6.74. The van der Waals surface area contributed by atoms with E-state index >= 15 is 0 Å².